The molecule has 0 saturated heterocycles. The van der Waals surface area contributed by atoms with Gasteiger partial charge in [0.15, 0.2) is 6.61 Å². The maximum absolute atomic E-state index is 12.3. The molecule has 8 heteroatoms. The summed E-state index contributed by atoms with van der Waals surface area (Å²) in [6.07, 6.45) is -0.191. The highest BCUT2D eigenvalue weighted by Gasteiger charge is 2.18. The van der Waals surface area contributed by atoms with Gasteiger partial charge >= 0.3 is 5.97 Å². The molecule has 0 atom stereocenters. The van der Waals surface area contributed by atoms with Crippen molar-refractivity contribution in [2.75, 3.05) is 20.3 Å². The van der Waals surface area contributed by atoms with E-state index in [9.17, 15) is 18.0 Å². The van der Waals surface area contributed by atoms with Gasteiger partial charge in [-0.2, -0.15) is 0 Å². The summed E-state index contributed by atoms with van der Waals surface area (Å²) >= 11 is 0. The maximum atomic E-state index is 12.3. The predicted octanol–water partition coefficient (Wildman–Crippen LogP) is 2.41. The summed E-state index contributed by atoms with van der Waals surface area (Å²) in [5, 5.41) is 0. The number of carbonyl (C=O) groups is 2. The topological polar surface area (TPSA) is 98.8 Å². The van der Waals surface area contributed by atoms with Gasteiger partial charge in [0.1, 0.15) is 5.75 Å². The normalized spacial score (nSPS) is 11.1. The second-order valence-electron chi connectivity index (χ2n) is 6.20. The minimum absolute atomic E-state index is 0.128. The van der Waals surface area contributed by atoms with Crippen molar-refractivity contribution in [3.63, 3.8) is 0 Å². The number of hydrogen-bond donors (Lipinski definition) is 1. The van der Waals surface area contributed by atoms with Gasteiger partial charge in [-0.1, -0.05) is 29.8 Å². The number of Topliss-reactive ketones (excluding diaryl/α,β-unsaturated/α-hetero) is 1. The first-order valence-corrected chi connectivity index (χ1v) is 10.1. The van der Waals surface area contributed by atoms with Gasteiger partial charge in [0, 0.05) is 6.54 Å². The Morgan fingerprint density at radius 1 is 1.07 bits per heavy atom. The van der Waals surface area contributed by atoms with E-state index in [1.807, 2.05) is 6.92 Å². The molecule has 2 aromatic rings. The van der Waals surface area contributed by atoms with Crippen LogP contribution in [0.3, 0.4) is 0 Å². The molecular weight excluding hydrogens is 382 g/mol. The minimum Gasteiger partial charge on any atom is -0.496 e. The first-order chi connectivity index (χ1) is 13.2. The molecule has 0 aromatic heterocycles. The largest absolute Gasteiger partial charge is 0.496 e. The molecule has 0 unspecified atom stereocenters. The molecule has 7 nitrogen and oxygen atoms in total. The number of ketones is 1. The molecule has 0 aliphatic rings. The van der Waals surface area contributed by atoms with Gasteiger partial charge in [-0.05, 0) is 37.6 Å². The van der Waals surface area contributed by atoms with Crippen molar-refractivity contribution < 1.29 is 27.5 Å². The van der Waals surface area contributed by atoms with E-state index in [2.05, 4.69) is 4.72 Å². The molecule has 1 N–H and O–H groups in total. The number of aryl methyl sites for hydroxylation is 2. The minimum atomic E-state index is -3.73. The lowest BCUT2D eigenvalue weighted by atomic mass is 10.1. The Labute approximate surface area is 164 Å². The molecule has 150 valence electrons. The van der Waals surface area contributed by atoms with Gasteiger partial charge in [-0.15, -0.1) is 0 Å². The van der Waals surface area contributed by atoms with E-state index in [1.54, 1.807) is 43.3 Å². The molecule has 28 heavy (non-hydrogen) atoms. The van der Waals surface area contributed by atoms with Crippen LogP contribution in [0.5, 0.6) is 5.75 Å². The smallest absolute Gasteiger partial charge is 0.307 e. The molecule has 0 aliphatic carbocycles. The second-order valence-corrected chi connectivity index (χ2v) is 7.94. The molecule has 0 heterocycles. The molecule has 2 rings (SSSR count). The molecule has 0 spiro atoms. The monoisotopic (exact) mass is 405 g/mol. The second kappa shape index (κ2) is 9.48. The lowest BCUT2D eigenvalue weighted by molar-refractivity contribution is -0.142. The highest BCUT2D eigenvalue weighted by molar-refractivity contribution is 7.89. The van der Waals surface area contributed by atoms with Crippen LogP contribution in [-0.2, 0) is 19.6 Å². The average Bonchev–Trinajstić information content (AvgIpc) is 2.65. The molecule has 0 fully saturated rings. The van der Waals surface area contributed by atoms with Gasteiger partial charge in [0.05, 0.1) is 24.0 Å². The number of rotatable bonds is 9. The fourth-order valence-corrected chi connectivity index (χ4v) is 3.89. The van der Waals surface area contributed by atoms with E-state index in [0.29, 0.717) is 16.9 Å². The Bertz CT molecular complexity index is 968. The Hall–Kier alpha value is -2.71. The zero-order chi connectivity index (χ0) is 20.7. The van der Waals surface area contributed by atoms with E-state index in [0.717, 1.165) is 5.56 Å². The van der Waals surface area contributed by atoms with Crippen molar-refractivity contribution in [1.82, 2.24) is 4.72 Å². The van der Waals surface area contributed by atoms with Crippen molar-refractivity contribution in [3.05, 3.63) is 59.2 Å². The Balaban J connectivity index is 1.85. The number of carbonyl (C=O) groups excluding carboxylic acids is 2. The van der Waals surface area contributed by atoms with Gasteiger partial charge < -0.3 is 9.47 Å². The zero-order valence-electron chi connectivity index (χ0n) is 16.0. The lowest BCUT2D eigenvalue weighted by Gasteiger charge is -2.10. The van der Waals surface area contributed by atoms with Gasteiger partial charge in [-0.25, -0.2) is 13.1 Å². The van der Waals surface area contributed by atoms with Crippen LogP contribution in [0.25, 0.3) is 0 Å². The molecule has 0 radical (unpaired) electrons. The van der Waals surface area contributed by atoms with Crippen molar-refractivity contribution in [2.24, 2.45) is 0 Å². The van der Waals surface area contributed by atoms with E-state index in [-0.39, 0.29) is 17.9 Å². The van der Waals surface area contributed by atoms with Gasteiger partial charge in [0.25, 0.3) is 0 Å². The molecule has 0 amide bonds. The van der Waals surface area contributed by atoms with Crippen molar-refractivity contribution in [1.29, 1.82) is 0 Å². The first-order valence-electron chi connectivity index (χ1n) is 8.63. The van der Waals surface area contributed by atoms with Crippen molar-refractivity contribution in [3.8, 4) is 5.75 Å². The highest BCUT2D eigenvalue weighted by atomic mass is 32.2. The standard InChI is InChI=1S/C20H23NO6S/c1-14-8-9-19(15(2)12-14)28(24,25)21-11-10-20(23)27-13-17(22)16-6-4-5-7-18(16)26-3/h4-9,12,21H,10-11,13H2,1-3H3. The average molecular weight is 405 g/mol. The third kappa shape index (κ3) is 5.64. The summed E-state index contributed by atoms with van der Waals surface area (Å²) in [7, 11) is -2.28. The molecule has 0 saturated carbocycles. The number of sulfonamides is 1. The molecule has 0 bridgehead atoms. The summed E-state index contributed by atoms with van der Waals surface area (Å²) in [4.78, 5) is 24.1. The highest BCUT2D eigenvalue weighted by Crippen LogP contribution is 2.18. The van der Waals surface area contributed by atoms with Crippen LogP contribution in [0.4, 0.5) is 0 Å². The van der Waals surface area contributed by atoms with Crippen molar-refractivity contribution >= 4 is 21.8 Å². The maximum Gasteiger partial charge on any atom is 0.307 e. The quantitative estimate of drug-likeness (QED) is 0.508. The number of nitrogens with one attached hydrogen (secondary N) is 1. The zero-order valence-corrected chi connectivity index (χ0v) is 16.8. The molecular formula is C20H23NO6S. The molecule has 0 aliphatic heterocycles. The third-order valence-electron chi connectivity index (χ3n) is 4.01. The van der Waals surface area contributed by atoms with E-state index >= 15 is 0 Å². The van der Waals surface area contributed by atoms with Crippen LogP contribution in [0.15, 0.2) is 47.4 Å². The van der Waals surface area contributed by atoms with Gasteiger partial charge in [0.2, 0.25) is 15.8 Å². The molecule has 2 aromatic carbocycles. The number of benzene rings is 2. The number of methoxy groups -OCH3 is 1. The number of para-hydroxylation sites is 1. The van der Waals surface area contributed by atoms with E-state index in [4.69, 9.17) is 9.47 Å². The van der Waals surface area contributed by atoms with Crippen LogP contribution in [0.2, 0.25) is 0 Å². The van der Waals surface area contributed by atoms with E-state index in [1.165, 1.54) is 13.2 Å². The fraction of sp³-hybridized carbons (Fsp3) is 0.300. The Morgan fingerprint density at radius 3 is 2.46 bits per heavy atom. The Kier molecular flexibility index (Phi) is 7.31. The van der Waals surface area contributed by atoms with Crippen LogP contribution in [-0.4, -0.2) is 40.4 Å². The lowest BCUT2D eigenvalue weighted by Crippen LogP contribution is -2.27. The SMILES string of the molecule is COc1ccccc1C(=O)COC(=O)CCNS(=O)(=O)c1ccc(C)cc1C. The summed E-state index contributed by atoms with van der Waals surface area (Å²) in [5.74, 6) is -0.682. The summed E-state index contributed by atoms with van der Waals surface area (Å²) < 4.78 is 37.1. The van der Waals surface area contributed by atoms with Crippen LogP contribution in [0, 0.1) is 13.8 Å². The Morgan fingerprint density at radius 2 is 1.79 bits per heavy atom. The predicted molar refractivity (Wildman–Crippen MR) is 104 cm³/mol. The number of ether oxygens (including phenoxy) is 2. The third-order valence-corrected chi connectivity index (χ3v) is 5.63. The number of esters is 1. The first kappa shape index (κ1) is 21.6. The van der Waals surface area contributed by atoms with Crippen molar-refractivity contribution in [2.45, 2.75) is 25.2 Å². The van der Waals surface area contributed by atoms with Crippen LogP contribution in [0.1, 0.15) is 27.9 Å². The van der Waals surface area contributed by atoms with E-state index < -0.39 is 28.4 Å². The summed E-state index contributed by atoms with van der Waals surface area (Å²) in [5.41, 5.74) is 1.89. The van der Waals surface area contributed by atoms with Gasteiger partial charge in [-0.3, -0.25) is 9.59 Å². The summed E-state index contributed by atoms with van der Waals surface area (Å²) in [6, 6.07) is 11.6. The van der Waals surface area contributed by atoms with Crippen LogP contribution < -0.4 is 9.46 Å². The number of hydrogen-bond acceptors (Lipinski definition) is 6. The fourth-order valence-electron chi connectivity index (χ4n) is 2.64. The summed E-state index contributed by atoms with van der Waals surface area (Å²) in [6.45, 7) is 3.01. The van der Waals surface area contributed by atoms with Crippen LogP contribution >= 0.6 is 0 Å².